The number of hydrogen-bond acceptors (Lipinski definition) is 2. The third kappa shape index (κ3) is 4.61. The van der Waals surface area contributed by atoms with Crippen molar-refractivity contribution in [1.29, 1.82) is 0 Å². The van der Waals surface area contributed by atoms with Gasteiger partial charge in [-0.1, -0.05) is 26.0 Å². The Hall–Kier alpha value is -0.420. The number of rotatable bonds is 5. The van der Waals surface area contributed by atoms with Crippen LogP contribution in [0.3, 0.4) is 0 Å². The Bertz CT molecular complexity index is 345. The Labute approximate surface area is 111 Å². The Morgan fingerprint density at radius 3 is 2.38 bits per heavy atom. The first-order chi connectivity index (χ1) is 7.49. The minimum atomic E-state index is -0.0173. The predicted octanol–water partition coefficient (Wildman–Crippen LogP) is 2.78. The molecule has 0 aliphatic carbocycles. The molecule has 1 aromatic rings. The van der Waals surface area contributed by atoms with Gasteiger partial charge in [0.2, 0.25) is 0 Å². The average molecular weight is 331 g/mol. The summed E-state index contributed by atoms with van der Waals surface area (Å²) in [5.41, 5.74) is 6.94. The van der Waals surface area contributed by atoms with Gasteiger partial charge in [-0.15, -0.1) is 0 Å². The van der Waals surface area contributed by atoms with Gasteiger partial charge in [-0.05, 0) is 46.2 Å². The van der Waals surface area contributed by atoms with E-state index in [9.17, 15) is 4.79 Å². The van der Waals surface area contributed by atoms with Crippen LogP contribution in [0.1, 0.15) is 25.8 Å². The number of halogens is 1. The van der Waals surface area contributed by atoms with Gasteiger partial charge < -0.3 is 5.73 Å². The van der Waals surface area contributed by atoms with Gasteiger partial charge in [0.15, 0.2) is 0 Å². The molecule has 2 N–H and O–H groups in total. The van der Waals surface area contributed by atoms with Crippen LogP contribution in [0.5, 0.6) is 0 Å². The first kappa shape index (κ1) is 13.6. The van der Waals surface area contributed by atoms with Crippen molar-refractivity contribution in [1.82, 2.24) is 0 Å². The molecule has 0 saturated heterocycles. The van der Waals surface area contributed by atoms with Crippen LogP contribution in [0.2, 0.25) is 0 Å². The lowest BCUT2D eigenvalue weighted by atomic mass is 9.97. The summed E-state index contributed by atoms with van der Waals surface area (Å²) in [4.78, 5) is 11.7. The second-order valence-corrected chi connectivity index (χ2v) is 5.70. The monoisotopic (exact) mass is 331 g/mol. The zero-order valence-corrected chi connectivity index (χ0v) is 11.9. The summed E-state index contributed by atoms with van der Waals surface area (Å²) >= 11 is 2.25. The molecule has 0 radical (unpaired) electrons. The minimum Gasteiger partial charge on any atom is -0.327 e. The van der Waals surface area contributed by atoms with Crippen molar-refractivity contribution < 1.29 is 4.79 Å². The molecular formula is C13H18INO. The average Bonchev–Trinajstić information content (AvgIpc) is 2.21. The van der Waals surface area contributed by atoms with Crippen LogP contribution in [0.25, 0.3) is 0 Å². The molecule has 1 rings (SSSR count). The van der Waals surface area contributed by atoms with E-state index in [1.165, 1.54) is 3.57 Å². The highest BCUT2D eigenvalue weighted by molar-refractivity contribution is 14.1. The lowest BCUT2D eigenvalue weighted by molar-refractivity contribution is -0.118. The number of Topliss-reactive ketones (excluding diaryl/α,β-unsaturated/α-hetero) is 1. The largest absolute Gasteiger partial charge is 0.327 e. The quantitative estimate of drug-likeness (QED) is 0.843. The highest BCUT2D eigenvalue weighted by Gasteiger charge is 2.13. The molecule has 88 valence electrons. The van der Waals surface area contributed by atoms with Crippen LogP contribution in [0.4, 0.5) is 0 Å². The normalized spacial score (nSPS) is 12.8. The van der Waals surface area contributed by atoms with Gasteiger partial charge in [0.25, 0.3) is 0 Å². The minimum absolute atomic E-state index is 0.0173. The van der Waals surface area contributed by atoms with Crippen LogP contribution in [-0.2, 0) is 11.2 Å². The van der Waals surface area contributed by atoms with E-state index in [1.54, 1.807) is 0 Å². The molecule has 0 saturated carbocycles. The van der Waals surface area contributed by atoms with Crippen LogP contribution < -0.4 is 5.73 Å². The molecule has 0 heterocycles. The number of ketones is 1. The first-order valence-corrected chi connectivity index (χ1v) is 6.58. The van der Waals surface area contributed by atoms with Crippen LogP contribution in [0, 0.1) is 9.49 Å². The van der Waals surface area contributed by atoms with Gasteiger partial charge in [0.05, 0.1) is 0 Å². The lowest BCUT2D eigenvalue weighted by Gasteiger charge is -2.14. The molecule has 3 heteroatoms. The Morgan fingerprint density at radius 2 is 1.88 bits per heavy atom. The summed E-state index contributed by atoms with van der Waals surface area (Å²) in [6, 6.07) is 8.02. The van der Waals surface area contributed by atoms with Crippen molar-refractivity contribution in [2.45, 2.75) is 32.7 Å². The third-order valence-corrected chi connectivity index (χ3v) is 3.35. The van der Waals surface area contributed by atoms with Gasteiger partial charge in [-0.25, -0.2) is 0 Å². The molecule has 16 heavy (non-hydrogen) atoms. The maximum absolute atomic E-state index is 11.7. The van der Waals surface area contributed by atoms with Crippen LogP contribution >= 0.6 is 22.6 Å². The topological polar surface area (TPSA) is 43.1 Å². The van der Waals surface area contributed by atoms with Crippen LogP contribution in [-0.4, -0.2) is 11.8 Å². The first-order valence-electron chi connectivity index (χ1n) is 5.50. The third-order valence-electron chi connectivity index (χ3n) is 2.63. The van der Waals surface area contributed by atoms with E-state index in [0.29, 0.717) is 18.8 Å². The molecule has 0 bridgehead atoms. The summed E-state index contributed by atoms with van der Waals surface area (Å²) in [5, 5.41) is 0. The van der Waals surface area contributed by atoms with E-state index in [-0.39, 0.29) is 11.8 Å². The van der Waals surface area contributed by atoms with E-state index in [2.05, 4.69) is 22.6 Å². The Morgan fingerprint density at radius 1 is 1.31 bits per heavy atom. The molecule has 1 unspecified atom stereocenters. The molecule has 0 fully saturated rings. The van der Waals surface area contributed by atoms with E-state index < -0.39 is 0 Å². The van der Waals surface area contributed by atoms with Gasteiger partial charge >= 0.3 is 0 Å². The van der Waals surface area contributed by atoms with Crippen molar-refractivity contribution in [3.05, 3.63) is 33.4 Å². The fraction of sp³-hybridized carbons (Fsp3) is 0.462. The van der Waals surface area contributed by atoms with Gasteiger partial charge in [-0.2, -0.15) is 0 Å². The molecule has 0 amide bonds. The molecule has 0 aliphatic rings. The number of hydrogen-bond donors (Lipinski definition) is 1. The summed E-state index contributed by atoms with van der Waals surface area (Å²) in [6.07, 6.45) is 0.973. The fourth-order valence-electron chi connectivity index (χ4n) is 1.40. The summed E-state index contributed by atoms with van der Waals surface area (Å²) in [7, 11) is 0. The molecule has 0 aliphatic heterocycles. The molecule has 2 nitrogen and oxygen atoms in total. The second-order valence-electron chi connectivity index (χ2n) is 4.45. The lowest BCUT2D eigenvalue weighted by Crippen LogP contribution is -2.29. The maximum atomic E-state index is 11.7. The smallest absolute Gasteiger partial charge is 0.138 e. The van der Waals surface area contributed by atoms with Crippen molar-refractivity contribution in [2.75, 3.05) is 0 Å². The number of benzene rings is 1. The Kier molecular flexibility index (Phi) is 5.41. The standard InChI is InChI=1S/C13H18INO/c1-9(2)13(15)8-12(16)7-10-3-5-11(14)6-4-10/h3-6,9,13H,7-8,15H2,1-2H3. The predicted molar refractivity (Wildman–Crippen MR) is 75.3 cm³/mol. The number of carbonyl (C=O) groups is 1. The molecular weight excluding hydrogens is 313 g/mol. The molecule has 1 aromatic carbocycles. The Balaban J connectivity index is 2.48. The van der Waals surface area contributed by atoms with Crippen molar-refractivity contribution in [3.8, 4) is 0 Å². The van der Waals surface area contributed by atoms with Crippen LogP contribution in [0.15, 0.2) is 24.3 Å². The molecule has 0 spiro atoms. The zero-order chi connectivity index (χ0) is 12.1. The second kappa shape index (κ2) is 6.35. The summed E-state index contributed by atoms with van der Waals surface area (Å²) in [6.45, 7) is 4.09. The number of nitrogens with two attached hydrogens (primary N) is 1. The maximum Gasteiger partial charge on any atom is 0.138 e. The zero-order valence-electron chi connectivity index (χ0n) is 9.74. The van der Waals surface area contributed by atoms with Gasteiger partial charge in [-0.3, -0.25) is 4.79 Å². The van der Waals surface area contributed by atoms with E-state index in [1.807, 2.05) is 38.1 Å². The number of carbonyl (C=O) groups excluding carboxylic acids is 1. The van der Waals surface area contributed by atoms with E-state index in [0.717, 1.165) is 5.56 Å². The summed E-state index contributed by atoms with van der Waals surface area (Å²) in [5.74, 6) is 0.586. The highest BCUT2D eigenvalue weighted by atomic mass is 127. The molecule has 0 aromatic heterocycles. The summed E-state index contributed by atoms with van der Waals surface area (Å²) < 4.78 is 1.19. The van der Waals surface area contributed by atoms with E-state index in [4.69, 9.17) is 5.73 Å². The van der Waals surface area contributed by atoms with E-state index >= 15 is 0 Å². The fourth-order valence-corrected chi connectivity index (χ4v) is 1.76. The molecule has 1 atom stereocenters. The van der Waals surface area contributed by atoms with Crippen molar-refractivity contribution >= 4 is 28.4 Å². The van der Waals surface area contributed by atoms with Gasteiger partial charge in [0.1, 0.15) is 5.78 Å². The van der Waals surface area contributed by atoms with Gasteiger partial charge in [0, 0.05) is 22.5 Å². The SMILES string of the molecule is CC(C)C(N)CC(=O)Cc1ccc(I)cc1. The highest BCUT2D eigenvalue weighted by Crippen LogP contribution is 2.10. The van der Waals surface area contributed by atoms with Crippen molar-refractivity contribution in [2.24, 2.45) is 11.7 Å². The van der Waals surface area contributed by atoms with Crippen molar-refractivity contribution in [3.63, 3.8) is 0 Å².